The first-order valence-electron chi connectivity index (χ1n) is 9.82. The van der Waals surface area contributed by atoms with Gasteiger partial charge in [-0.2, -0.15) is 0 Å². The van der Waals surface area contributed by atoms with Crippen LogP contribution in [0.25, 0.3) is 0 Å². The second-order valence-corrected chi connectivity index (χ2v) is 8.25. The van der Waals surface area contributed by atoms with E-state index in [1.54, 1.807) is 13.1 Å². The lowest BCUT2D eigenvalue weighted by atomic mass is 9.99. The SMILES string of the molecule is CNC(=O)c1ccccc1SCNC(=O)Nc1c2c(cc3c1CCC3)CCC2. The molecular weight excluding hydrogens is 370 g/mol. The van der Waals surface area contributed by atoms with Crippen LogP contribution in [0.2, 0.25) is 0 Å². The molecule has 3 amide bonds. The molecule has 146 valence electrons. The normalized spacial score (nSPS) is 14.3. The van der Waals surface area contributed by atoms with Gasteiger partial charge < -0.3 is 16.0 Å². The summed E-state index contributed by atoms with van der Waals surface area (Å²) in [6, 6.07) is 9.60. The van der Waals surface area contributed by atoms with Crippen LogP contribution in [-0.2, 0) is 25.7 Å². The quantitative estimate of drug-likeness (QED) is 0.531. The van der Waals surface area contributed by atoms with Gasteiger partial charge in [-0.15, -0.1) is 11.8 Å². The summed E-state index contributed by atoms with van der Waals surface area (Å²) in [5.74, 6) is 0.278. The van der Waals surface area contributed by atoms with Gasteiger partial charge in [-0.1, -0.05) is 18.2 Å². The highest BCUT2D eigenvalue weighted by Crippen LogP contribution is 2.38. The Balaban J connectivity index is 1.41. The maximum Gasteiger partial charge on any atom is 0.319 e. The molecule has 2 aliphatic carbocycles. The number of rotatable bonds is 5. The largest absolute Gasteiger partial charge is 0.355 e. The number of urea groups is 1. The Morgan fingerprint density at radius 3 is 2.36 bits per heavy atom. The maximum atomic E-state index is 12.6. The zero-order valence-corrected chi connectivity index (χ0v) is 16.9. The van der Waals surface area contributed by atoms with Crippen LogP contribution in [0.3, 0.4) is 0 Å². The minimum atomic E-state index is -0.181. The van der Waals surface area contributed by atoms with E-state index in [-0.39, 0.29) is 11.9 Å². The van der Waals surface area contributed by atoms with Gasteiger partial charge in [-0.05, 0) is 72.9 Å². The van der Waals surface area contributed by atoms with Crippen molar-refractivity contribution in [3.8, 4) is 0 Å². The molecule has 0 bridgehead atoms. The first kappa shape index (κ1) is 18.9. The summed E-state index contributed by atoms with van der Waals surface area (Å²) in [5, 5.41) is 8.71. The van der Waals surface area contributed by atoms with E-state index in [0.29, 0.717) is 11.4 Å². The second-order valence-electron chi connectivity index (χ2n) is 7.23. The molecule has 3 N–H and O–H groups in total. The number of amides is 3. The number of anilines is 1. The standard InChI is InChI=1S/C22H25N3O2S/c1-23-21(26)18-8-2-3-11-19(18)28-13-24-22(27)25-20-16-9-4-6-14(16)12-15-7-5-10-17(15)20/h2-3,8,11-12H,4-7,9-10,13H2,1H3,(H,23,26)(H2,24,25,27). The minimum Gasteiger partial charge on any atom is -0.355 e. The lowest BCUT2D eigenvalue weighted by Crippen LogP contribution is -2.29. The van der Waals surface area contributed by atoms with E-state index < -0.39 is 0 Å². The van der Waals surface area contributed by atoms with E-state index in [0.717, 1.165) is 36.3 Å². The van der Waals surface area contributed by atoms with Crippen LogP contribution < -0.4 is 16.0 Å². The molecule has 0 fully saturated rings. The third kappa shape index (κ3) is 3.74. The number of nitrogens with one attached hydrogen (secondary N) is 3. The van der Waals surface area contributed by atoms with Crippen LogP contribution in [0, 0.1) is 0 Å². The lowest BCUT2D eigenvalue weighted by Gasteiger charge is -2.16. The summed E-state index contributed by atoms with van der Waals surface area (Å²) >= 11 is 1.45. The van der Waals surface area contributed by atoms with Crippen molar-refractivity contribution in [3.63, 3.8) is 0 Å². The smallest absolute Gasteiger partial charge is 0.319 e. The van der Waals surface area contributed by atoms with Crippen molar-refractivity contribution in [3.05, 3.63) is 58.1 Å². The van der Waals surface area contributed by atoms with E-state index in [2.05, 4.69) is 22.0 Å². The van der Waals surface area contributed by atoms with Gasteiger partial charge in [0, 0.05) is 17.6 Å². The van der Waals surface area contributed by atoms with Crippen LogP contribution in [0.1, 0.15) is 45.5 Å². The summed E-state index contributed by atoms with van der Waals surface area (Å²) in [6.45, 7) is 0. The maximum absolute atomic E-state index is 12.6. The average Bonchev–Trinajstić information content (AvgIpc) is 3.37. The van der Waals surface area contributed by atoms with E-state index in [1.807, 2.05) is 18.2 Å². The van der Waals surface area contributed by atoms with Crippen molar-refractivity contribution in [2.45, 2.75) is 43.4 Å². The minimum absolute atomic E-state index is 0.122. The molecule has 0 saturated heterocycles. The molecule has 0 spiro atoms. The molecule has 28 heavy (non-hydrogen) atoms. The van der Waals surface area contributed by atoms with Crippen molar-refractivity contribution >= 4 is 29.4 Å². The van der Waals surface area contributed by atoms with Crippen LogP contribution in [0.5, 0.6) is 0 Å². The number of hydrogen-bond acceptors (Lipinski definition) is 3. The molecule has 0 aromatic heterocycles. The van der Waals surface area contributed by atoms with E-state index >= 15 is 0 Å². The lowest BCUT2D eigenvalue weighted by molar-refractivity contribution is 0.0960. The Morgan fingerprint density at radius 2 is 1.68 bits per heavy atom. The number of aryl methyl sites for hydroxylation is 2. The molecule has 0 atom stereocenters. The number of thioether (sulfide) groups is 1. The highest BCUT2D eigenvalue weighted by molar-refractivity contribution is 7.99. The predicted molar refractivity (Wildman–Crippen MR) is 113 cm³/mol. The molecule has 0 radical (unpaired) electrons. The first-order chi connectivity index (χ1) is 13.7. The van der Waals surface area contributed by atoms with Gasteiger partial charge in [0.15, 0.2) is 0 Å². The molecule has 6 heteroatoms. The van der Waals surface area contributed by atoms with Crippen molar-refractivity contribution < 1.29 is 9.59 Å². The fourth-order valence-electron chi connectivity index (χ4n) is 4.22. The Labute approximate surface area is 169 Å². The fraction of sp³-hybridized carbons (Fsp3) is 0.364. The van der Waals surface area contributed by atoms with Crippen LogP contribution in [-0.4, -0.2) is 24.9 Å². The van der Waals surface area contributed by atoms with Gasteiger partial charge >= 0.3 is 6.03 Å². The van der Waals surface area contributed by atoms with Crippen molar-refractivity contribution in [2.75, 3.05) is 18.2 Å². The summed E-state index contributed by atoms with van der Waals surface area (Å²) in [6.07, 6.45) is 6.66. The number of fused-ring (bicyclic) bond motifs is 2. The van der Waals surface area contributed by atoms with Crippen LogP contribution in [0.4, 0.5) is 10.5 Å². The van der Waals surface area contributed by atoms with Crippen molar-refractivity contribution in [1.29, 1.82) is 0 Å². The Kier molecular flexibility index (Phi) is 5.57. The topological polar surface area (TPSA) is 70.2 Å². The predicted octanol–water partition coefficient (Wildman–Crippen LogP) is 3.89. The number of carbonyl (C=O) groups excluding carboxylic acids is 2. The monoisotopic (exact) mass is 395 g/mol. The molecule has 2 aromatic carbocycles. The molecule has 5 nitrogen and oxygen atoms in total. The Morgan fingerprint density at radius 1 is 1.00 bits per heavy atom. The van der Waals surface area contributed by atoms with Gasteiger partial charge in [0.05, 0.1) is 11.4 Å². The number of carbonyl (C=O) groups is 2. The Bertz CT molecular complexity index is 894. The highest BCUT2D eigenvalue weighted by Gasteiger charge is 2.24. The summed E-state index contributed by atoms with van der Waals surface area (Å²) in [7, 11) is 1.62. The third-order valence-corrected chi connectivity index (χ3v) is 6.49. The fourth-order valence-corrected chi connectivity index (χ4v) is 5.07. The van der Waals surface area contributed by atoms with Gasteiger partial charge in [0.25, 0.3) is 5.91 Å². The van der Waals surface area contributed by atoms with Gasteiger partial charge in [0.1, 0.15) is 0 Å². The van der Waals surface area contributed by atoms with Gasteiger partial charge in [0.2, 0.25) is 0 Å². The van der Waals surface area contributed by atoms with Crippen LogP contribution >= 0.6 is 11.8 Å². The molecule has 2 aliphatic rings. The van der Waals surface area contributed by atoms with E-state index in [4.69, 9.17) is 0 Å². The van der Waals surface area contributed by atoms with E-state index in [9.17, 15) is 9.59 Å². The summed E-state index contributed by atoms with van der Waals surface area (Å²) < 4.78 is 0. The molecule has 0 heterocycles. The zero-order valence-electron chi connectivity index (χ0n) is 16.1. The Hall–Kier alpha value is -2.47. The van der Waals surface area contributed by atoms with Crippen LogP contribution in [0.15, 0.2) is 35.2 Å². The van der Waals surface area contributed by atoms with Gasteiger partial charge in [-0.3, -0.25) is 4.79 Å². The summed E-state index contributed by atoms with van der Waals surface area (Å²) in [5.41, 5.74) is 7.14. The molecule has 4 rings (SSSR count). The second kappa shape index (κ2) is 8.27. The van der Waals surface area contributed by atoms with E-state index in [1.165, 1.54) is 46.9 Å². The average molecular weight is 396 g/mol. The molecule has 0 saturated carbocycles. The molecular formula is C22H25N3O2S. The third-order valence-electron chi connectivity index (χ3n) is 5.53. The van der Waals surface area contributed by atoms with Crippen molar-refractivity contribution in [2.24, 2.45) is 0 Å². The highest BCUT2D eigenvalue weighted by atomic mass is 32.2. The first-order valence-corrected chi connectivity index (χ1v) is 10.8. The summed E-state index contributed by atoms with van der Waals surface area (Å²) in [4.78, 5) is 25.4. The number of hydrogen-bond donors (Lipinski definition) is 3. The zero-order chi connectivity index (χ0) is 19.5. The van der Waals surface area contributed by atoms with Gasteiger partial charge in [-0.25, -0.2) is 4.79 Å². The van der Waals surface area contributed by atoms with Crippen molar-refractivity contribution in [1.82, 2.24) is 10.6 Å². The molecule has 2 aromatic rings. The number of benzene rings is 2. The molecule has 0 aliphatic heterocycles. The molecule has 0 unspecified atom stereocenters.